The molecule has 1 fully saturated rings. The number of carbonyl (C=O) groups is 1. The van der Waals surface area contributed by atoms with Gasteiger partial charge in [0.15, 0.2) is 0 Å². The molecule has 3 atom stereocenters. The second kappa shape index (κ2) is 9.30. The van der Waals surface area contributed by atoms with Crippen LogP contribution in [0, 0.1) is 17.1 Å². The van der Waals surface area contributed by atoms with Crippen molar-refractivity contribution in [3.63, 3.8) is 0 Å². The lowest BCUT2D eigenvalue weighted by molar-refractivity contribution is -0.171. The van der Waals surface area contributed by atoms with Crippen LogP contribution in [0.4, 0.5) is 4.39 Å². The summed E-state index contributed by atoms with van der Waals surface area (Å²) in [5, 5.41) is 10.1. The number of carbonyl (C=O) groups excluding carboxylic acids is 1. The van der Waals surface area contributed by atoms with E-state index in [0.29, 0.717) is 15.6 Å². The van der Waals surface area contributed by atoms with Crippen molar-refractivity contribution in [3.05, 3.63) is 105 Å². The van der Waals surface area contributed by atoms with Crippen LogP contribution in [0.5, 0.6) is 0 Å². The molecule has 0 radical (unpaired) electrons. The standard InChI is InChI=1S/C25H19Cl2FN2O2/c1-30-23(16-4-8-19(26)9-5-16)24(17-6-10-20(27)11-7-17)32-22(25(30)31)13-15-2-3-18(14-29)21(28)12-15/h2-12,22-24H,13H2,1H3/t22-,23+,24-/m0/s1. The molecule has 0 aliphatic carbocycles. The lowest BCUT2D eigenvalue weighted by Crippen LogP contribution is -2.49. The maximum absolute atomic E-state index is 14.1. The Balaban J connectivity index is 1.69. The zero-order chi connectivity index (χ0) is 22.8. The largest absolute Gasteiger partial charge is 0.358 e. The summed E-state index contributed by atoms with van der Waals surface area (Å²) in [5.74, 6) is -0.824. The number of amides is 1. The van der Waals surface area contributed by atoms with Gasteiger partial charge in [0.2, 0.25) is 0 Å². The van der Waals surface area contributed by atoms with E-state index in [1.165, 1.54) is 12.1 Å². The lowest BCUT2D eigenvalue weighted by Gasteiger charge is -2.43. The Labute approximate surface area is 195 Å². The van der Waals surface area contributed by atoms with Crippen LogP contribution in [0.2, 0.25) is 10.0 Å². The van der Waals surface area contributed by atoms with Gasteiger partial charge in [-0.1, -0.05) is 53.5 Å². The lowest BCUT2D eigenvalue weighted by atomic mass is 9.91. The minimum atomic E-state index is -0.809. The SMILES string of the molecule is CN1C(=O)[C@H](Cc2ccc(C#N)c(F)c2)O[C@@H](c2ccc(Cl)cc2)[C@H]1c1ccc(Cl)cc1. The van der Waals surface area contributed by atoms with Crippen LogP contribution in [0.25, 0.3) is 0 Å². The Kier molecular flexibility index (Phi) is 6.48. The van der Waals surface area contributed by atoms with Crippen LogP contribution in [-0.2, 0) is 16.0 Å². The van der Waals surface area contributed by atoms with E-state index < -0.39 is 18.0 Å². The Morgan fingerprint density at radius 3 is 2.16 bits per heavy atom. The van der Waals surface area contributed by atoms with Crippen LogP contribution < -0.4 is 0 Å². The topological polar surface area (TPSA) is 53.3 Å². The van der Waals surface area contributed by atoms with Crippen molar-refractivity contribution in [2.24, 2.45) is 0 Å². The molecule has 162 valence electrons. The molecule has 1 saturated heterocycles. The summed E-state index contributed by atoms with van der Waals surface area (Å²) in [6.45, 7) is 0. The molecule has 0 aromatic heterocycles. The molecule has 1 heterocycles. The fourth-order valence-electron chi connectivity index (χ4n) is 3.97. The minimum Gasteiger partial charge on any atom is -0.358 e. The summed E-state index contributed by atoms with van der Waals surface area (Å²) in [5.41, 5.74) is 2.29. The predicted octanol–water partition coefficient (Wildman–Crippen LogP) is 5.89. The van der Waals surface area contributed by atoms with Crippen molar-refractivity contribution < 1.29 is 13.9 Å². The van der Waals surface area contributed by atoms with Crippen LogP contribution in [0.15, 0.2) is 66.7 Å². The zero-order valence-electron chi connectivity index (χ0n) is 17.1. The van der Waals surface area contributed by atoms with E-state index >= 15 is 0 Å². The van der Waals surface area contributed by atoms with Gasteiger partial charge in [-0.3, -0.25) is 4.79 Å². The Morgan fingerprint density at radius 2 is 1.59 bits per heavy atom. The monoisotopic (exact) mass is 468 g/mol. The van der Waals surface area contributed by atoms with E-state index in [9.17, 15) is 9.18 Å². The number of hydrogen-bond acceptors (Lipinski definition) is 3. The number of rotatable bonds is 4. The van der Waals surface area contributed by atoms with Gasteiger partial charge in [0, 0.05) is 23.5 Å². The molecule has 0 unspecified atom stereocenters. The summed E-state index contributed by atoms with van der Waals surface area (Å²) >= 11 is 12.1. The average Bonchev–Trinajstić information content (AvgIpc) is 2.78. The number of hydrogen-bond donors (Lipinski definition) is 0. The summed E-state index contributed by atoms with van der Waals surface area (Å²) in [7, 11) is 1.74. The number of morpholine rings is 1. The van der Waals surface area contributed by atoms with E-state index in [0.717, 1.165) is 11.1 Å². The first kappa shape index (κ1) is 22.3. The summed E-state index contributed by atoms with van der Waals surface area (Å²) in [6.07, 6.45) is -1.09. The second-order valence-corrected chi connectivity index (χ2v) is 8.55. The fourth-order valence-corrected chi connectivity index (χ4v) is 4.23. The van der Waals surface area contributed by atoms with Gasteiger partial charge in [-0.25, -0.2) is 4.39 Å². The van der Waals surface area contributed by atoms with Crippen LogP contribution >= 0.6 is 23.2 Å². The molecule has 4 rings (SSSR count). The number of nitrogens with zero attached hydrogens (tertiary/aromatic N) is 2. The van der Waals surface area contributed by atoms with Gasteiger partial charge in [-0.05, 0) is 53.1 Å². The summed E-state index contributed by atoms with van der Waals surface area (Å²) in [6, 6.07) is 20.4. The Hall–Kier alpha value is -2.91. The number of halogens is 3. The first-order chi connectivity index (χ1) is 15.4. The van der Waals surface area contributed by atoms with Crippen molar-refractivity contribution in [3.8, 4) is 6.07 Å². The van der Waals surface area contributed by atoms with Gasteiger partial charge in [-0.2, -0.15) is 5.26 Å². The van der Waals surface area contributed by atoms with E-state index in [4.69, 9.17) is 33.2 Å². The predicted molar refractivity (Wildman–Crippen MR) is 121 cm³/mol. The van der Waals surface area contributed by atoms with Crippen molar-refractivity contribution in [2.75, 3.05) is 7.05 Å². The molecule has 1 amide bonds. The highest BCUT2D eigenvalue weighted by molar-refractivity contribution is 6.30. The van der Waals surface area contributed by atoms with Gasteiger partial charge >= 0.3 is 0 Å². The molecule has 7 heteroatoms. The quantitative estimate of drug-likeness (QED) is 0.479. The molecule has 1 aliphatic heterocycles. The maximum Gasteiger partial charge on any atom is 0.252 e. The number of benzene rings is 3. The van der Waals surface area contributed by atoms with Crippen LogP contribution in [0.3, 0.4) is 0 Å². The van der Waals surface area contributed by atoms with Gasteiger partial charge in [-0.15, -0.1) is 0 Å². The molecule has 1 aliphatic rings. The third-order valence-electron chi connectivity index (χ3n) is 5.62. The number of ether oxygens (including phenoxy) is 1. The smallest absolute Gasteiger partial charge is 0.252 e. The highest BCUT2D eigenvalue weighted by atomic mass is 35.5. The third-order valence-corrected chi connectivity index (χ3v) is 6.13. The van der Waals surface area contributed by atoms with Gasteiger partial charge in [0.05, 0.1) is 11.6 Å². The number of nitriles is 1. The van der Waals surface area contributed by atoms with E-state index in [1.54, 1.807) is 48.3 Å². The van der Waals surface area contributed by atoms with Crippen LogP contribution in [-0.4, -0.2) is 24.0 Å². The first-order valence-corrected chi connectivity index (χ1v) is 10.7. The molecular formula is C25H19Cl2FN2O2. The molecule has 0 bridgehead atoms. The molecule has 0 spiro atoms. The number of likely N-dealkylation sites (N-methyl/N-ethyl adjacent to an activating group) is 1. The van der Waals surface area contributed by atoms with Crippen molar-refractivity contribution in [1.29, 1.82) is 5.26 Å². The first-order valence-electron chi connectivity index (χ1n) is 9.99. The van der Waals surface area contributed by atoms with Crippen molar-refractivity contribution >= 4 is 29.1 Å². The van der Waals surface area contributed by atoms with Crippen molar-refractivity contribution in [1.82, 2.24) is 4.90 Å². The van der Waals surface area contributed by atoms with Gasteiger partial charge in [0.1, 0.15) is 24.1 Å². The minimum absolute atomic E-state index is 0.0383. The highest BCUT2D eigenvalue weighted by Crippen LogP contribution is 2.42. The molecule has 3 aromatic rings. The van der Waals surface area contributed by atoms with E-state index in [-0.39, 0.29) is 23.9 Å². The second-order valence-electron chi connectivity index (χ2n) is 7.67. The highest BCUT2D eigenvalue weighted by Gasteiger charge is 2.42. The molecule has 0 N–H and O–H groups in total. The molecular weight excluding hydrogens is 450 g/mol. The third kappa shape index (κ3) is 4.49. The maximum atomic E-state index is 14.1. The Bertz CT molecular complexity index is 1180. The van der Waals surface area contributed by atoms with Gasteiger partial charge < -0.3 is 9.64 Å². The van der Waals surface area contributed by atoms with Gasteiger partial charge in [0.25, 0.3) is 5.91 Å². The van der Waals surface area contributed by atoms with E-state index in [2.05, 4.69) is 0 Å². The summed E-state index contributed by atoms with van der Waals surface area (Å²) in [4.78, 5) is 14.9. The zero-order valence-corrected chi connectivity index (χ0v) is 18.6. The fraction of sp³-hybridized carbons (Fsp3) is 0.200. The molecule has 3 aromatic carbocycles. The molecule has 4 nitrogen and oxygen atoms in total. The van der Waals surface area contributed by atoms with Crippen molar-refractivity contribution in [2.45, 2.75) is 24.7 Å². The molecule has 32 heavy (non-hydrogen) atoms. The molecule has 0 saturated carbocycles. The Morgan fingerprint density at radius 1 is 1.00 bits per heavy atom. The van der Waals surface area contributed by atoms with E-state index in [1.807, 2.05) is 24.3 Å². The van der Waals surface area contributed by atoms with Crippen LogP contribution in [0.1, 0.15) is 34.4 Å². The summed E-state index contributed by atoms with van der Waals surface area (Å²) < 4.78 is 20.4. The normalized spacial score (nSPS) is 20.8. The average molecular weight is 469 g/mol.